The average molecular weight is 463 g/mol. The minimum absolute atomic E-state index is 0.276. The first kappa shape index (κ1) is 29.1. The van der Waals surface area contributed by atoms with E-state index in [1.807, 2.05) is 13.2 Å². The maximum Gasteiger partial charge on any atom is 0.328 e. The van der Waals surface area contributed by atoms with Gasteiger partial charge < -0.3 is 31.9 Å². The van der Waals surface area contributed by atoms with Crippen molar-refractivity contribution in [3.63, 3.8) is 0 Å². The molecule has 0 aliphatic rings. The van der Waals surface area contributed by atoms with Gasteiger partial charge in [-0.05, 0) is 37.2 Å². The molecule has 0 radical (unpaired) electrons. The second kappa shape index (κ2) is 14.3. The number of amides is 3. The Kier molecular flexibility index (Phi) is 13.4. The number of rotatable bonds is 14. The maximum atomic E-state index is 12.9. The van der Waals surface area contributed by atoms with Crippen molar-refractivity contribution < 1.29 is 29.4 Å². The van der Waals surface area contributed by atoms with Crippen LogP contribution in [0.1, 0.15) is 47.5 Å². The molecule has 0 aromatic heterocycles. The van der Waals surface area contributed by atoms with E-state index in [1.54, 1.807) is 32.5 Å². The summed E-state index contributed by atoms with van der Waals surface area (Å²) in [5.41, 5.74) is 5.88. The summed E-state index contributed by atoms with van der Waals surface area (Å²) in [6.45, 7) is 8.33. The Morgan fingerprint density at radius 3 is 1.81 bits per heavy atom. The number of aliphatic hydroxyl groups is 1. The Labute approximate surface area is 188 Å². The van der Waals surface area contributed by atoms with Crippen LogP contribution < -0.4 is 21.7 Å². The molecule has 0 aliphatic carbocycles. The minimum atomic E-state index is -1.51. The lowest BCUT2D eigenvalue weighted by Gasteiger charge is -2.29. The Hall–Kier alpha value is -1.85. The fraction of sp³-hybridized carbons (Fsp3) is 0.800. The molecule has 0 bridgehead atoms. The first-order valence-corrected chi connectivity index (χ1v) is 11.8. The first-order chi connectivity index (χ1) is 14.4. The number of aliphatic hydroxyl groups excluding tert-OH is 1. The number of thioether (sulfide) groups is 1. The first-order valence-electron chi connectivity index (χ1n) is 10.4. The fourth-order valence-electron chi connectivity index (χ4n) is 2.75. The highest BCUT2D eigenvalue weighted by molar-refractivity contribution is 7.98. The van der Waals surface area contributed by atoms with Crippen LogP contribution in [-0.4, -0.2) is 76.2 Å². The average Bonchev–Trinajstić information content (AvgIpc) is 2.70. The second-order valence-corrected chi connectivity index (χ2v) is 9.04. The highest BCUT2D eigenvalue weighted by Crippen LogP contribution is 2.11. The van der Waals surface area contributed by atoms with Crippen LogP contribution in [0, 0.1) is 11.8 Å². The molecule has 3 amide bonds. The van der Waals surface area contributed by atoms with Gasteiger partial charge in [-0.3, -0.25) is 14.4 Å². The van der Waals surface area contributed by atoms with Crippen LogP contribution in [0.25, 0.3) is 0 Å². The van der Waals surface area contributed by atoms with Crippen LogP contribution in [0.4, 0.5) is 0 Å². The summed E-state index contributed by atoms with van der Waals surface area (Å²) in [7, 11) is 0. The summed E-state index contributed by atoms with van der Waals surface area (Å²) in [4.78, 5) is 49.3. The summed E-state index contributed by atoms with van der Waals surface area (Å²) in [6, 6.07) is -4.22. The number of carbonyl (C=O) groups excluding carboxylic acids is 3. The number of hydrogen-bond acceptors (Lipinski definition) is 7. The maximum absolute atomic E-state index is 12.9. The lowest BCUT2D eigenvalue weighted by Crippen LogP contribution is -2.60. The van der Waals surface area contributed by atoms with Crippen molar-refractivity contribution in [2.75, 3.05) is 12.0 Å². The molecule has 0 aromatic carbocycles. The molecule has 6 atom stereocenters. The number of carboxylic acid groups (broad SMARTS) is 1. The van der Waals surface area contributed by atoms with Crippen molar-refractivity contribution in [2.24, 2.45) is 17.6 Å². The van der Waals surface area contributed by atoms with Crippen molar-refractivity contribution in [1.29, 1.82) is 0 Å². The van der Waals surface area contributed by atoms with Crippen LogP contribution in [0.15, 0.2) is 0 Å². The van der Waals surface area contributed by atoms with Gasteiger partial charge in [0.1, 0.15) is 12.1 Å². The Bertz CT molecular complexity index is 616. The van der Waals surface area contributed by atoms with Crippen LogP contribution >= 0.6 is 11.8 Å². The highest BCUT2D eigenvalue weighted by Gasteiger charge is 2.34. The molecule has 7 N–H and O–H groups in total. The predicted octanol–water partition coefficient (Wildman–Crippen LogP) is -0.311. The van der Waals surface area contributed by atoms with E-state index < -0.39 is 54.0 Å². The number of aliphatic carboxylic acids is 1. The number of hydrogen-bond donors (Lipinski definition) is 6. The lowest BCUT2D eigenvalue weighted by molar-refractivity contribution is -0.145. The molecule has 0 heterocycles. The highest BCUT2D eigenvalue weighted by atomic mass is 32.2. The smallest absolute Gasteiger partial charge is 0.328 e. The van der Waals surface area contributed by atoms with E-state index in [1.165, 1.54) is 6.92 Å². The van der Waals surface area contributed by atoms with Crippen molar-refractivity contribution in [3.8, 4) is 0 Å². The zero-order valence-corrected chi connectivity index (χ0v) is 20.0. The zero-order chi connectivity index (χ0) is 24.3. The van der Waals surface area contributed by atoms with Crippen molar-refractivity contribution in [3.05, 3.63) is 0 Å². The molecule has 0 rings (SSSR count). The quantitative estimate of drug-likeness (QED) is 0.204. The second-order valence-electron chi connectivity index (χ2n) is 8.06. The molecule has 0 fully saturated rings. The summed E-state index contributed by atoms with van der Waals surface area (Å²) >= 11 is 1.56. The van der Waals surface area contributed by atoms with Crippen molar-refractivity contribution in [2.45, 2.75) is 77.7 Å². The molecule has 0 aliphatic heterocycles. The molecule has 0 saturated heterocycles. The lowest BCUT2D eigenvalue weighted by atomic mass is 9.96. The van der Waals surface area contributed by atoms with E-state index in [2.05, 4.69) is 16.0 Å². The third-order valence-corrected chi connectivity index (χ3v) is 5.70. The Morgan fingerprint density at radius 1 is 0.903 bits per heavy atom. The van der Waals surface area contributed by atoms with E-state index in [9.17, 15) is 29.4 Å². The number of carbonyl (C=O) groups is 4. The van der Waals surface area contributed by atoms with Crippen LogP contribution in [0.3, 0.4) is 0 Å². The Balaban J connectivity index is 5.43. The number of nitrogens with two attached hydrogens (primary N) is 1. The number of nitrogens with one attached hydrogen (secondary N) is 3. The summed E-state index contributed by atoms with van der Waals surface area (Å²) < 4.78 is 0. The molecule has 6 unspecified atom stereocenters. The molecule has 0 spiro atoms. The molecule has 31 heavy (non-hydrogen) atoms. The third kappa shape index (κ3) is 9.88. The van der Waals surface area contributed by atoms with Crippen LogP contribution in [-0.2, 0) is 19.2 Å². The zero-order valence-electron chi connectivity index (χ0n) is 19.2. The normalized spacial score (nSPS) is 17.1. The SMILES string of the molecule is CCC(C)C(NC(=O)C(NC(=O)C(N)CCSC)C(C)C)C(=O)NC(C(=O)O)C(C)O. The molecular weight excluding hydrogens is 424 g/mol. The van der Waals surface area contributed by atoms with Crippen molar-refractivity contribution in [1.82, 2.24) is 16.0 Å². The van der Waals surface area contributed by atoms with Gasteiger partial charge in [0.15, 0.2) is 6.04 Å². The number of carboxylic acids is 1. The molecule has 11 heteroatoms. The van der Waals surface area contributed by atoms with Gasteiger partial charge in [-0.2, -0.15) is 11.8 Å². The monoisotopic (exact) mass is 462 g/mol. The van der Waals surface area contributed by atoms with E-state index in [4.69, 9.17) is 5.73 Å². The van der Waals surface area contributed by atoms with Gasteiger partial charge in [-0.15, -0.1) is 0 Å². The molecule has 0 saturated carbocycles. The molecular formula is C20H38N4O6S. The van der Waals surface area contributed by atoms with Gasteiger partial charge in [0.25, 0.3) is 0 Å². The summed E-state index contributed by atoms with van der Waals surface area (Å²) in [5.74, 6) is -3.01. The molecule has 0 aromatic rings. The fourth-order valence-corrected chi connectivity index (χ4v) is 3.24. The van der Waals surface area contributed by atoms with Gasteiger partial charge in [-0.1, -0.05) is 34.1 Å². The van der Waals surface area contributed by atoms with Gasteiger partial charge in [-0.25, -0.2) is 4.79 Å². The molecule has 10 nitrogen and oxygen atoms in total. The van der Waals surface area contributed by atoms with Crippen LogP contribution in [0.2, 0.25) is 0 Å². The van der Waals surface area contributed by atoms with E-state index in [0.29, 0.717) is 18.6 Å². The predicted molar refractivity (Wildman–Crippen MR) is 120 cm³/mol. The standard InChI is InChI=1S/C20H38N4O6S/c1-7-11(4)15(19(28)24-16(12(5)25)20(29)30)23-18(27)14(10(2)3)22-17(26)13(21)8-9-31-6/h10-16,25H,7-9,21H2,1-6H3,(H,22,26)(H,23,27)(H,24,28)(H,29,30). The minimum Gasteiger partial charge on any atom is -0.480 e. The molecule has 180 valence electrons. The van der Waals surface area contributed by atoms with E-state index in [-0.39, 0.29) is 11.8 Å². The van der Waals surface area contributed by atoms with E-state index >= 15 is 0 Å². The summed E-state index contributed by atoms with van der Waals surface area (Å²) in [5, 5.41) is 26.4. The van der Waals surface area contributed by atoms with Gasteiger partial charge in [0, 0.05) is 0 Å². The largest absolute Gasteiger partial charge is 0.480 e. The van der Waals surface area contributed by atoms with Gasteiger partial charge >= 0.3 is 5.97 Å². The van der Waals surface area contributed by atoms with Gasteiger partial charge in [0.2, 0.25) is 17.7 Å². The summed E-state index contributed by atoms with van der Waals surface area (Å²) in [6.07, 6.45) is 1.58. The van der Waals surface area contributed by atoms with Gasteiger partial charge in [0.05, 0.1) is 12.1 Å². The van der Waals surface area contributed by atoms with Crippen LogP contribution in [0.5, 0.6) is 0 Å². The topological polar surface area (TPSA) is 171 Å². The van der Waals surface area contributed by atoms with E-state index in [0.717, 1.165) is 0 Å². The van der Waals surface area contributed by atoms with Crippen molar-refractivity contribution >= 4 is 35.5 Å². The third-order valence-electron chi connectivity index (χ3n) is 5.06. The Morgan fingerprint density at radius 2 is 1.39 bits per heavy atom.